The van der Waals surface area contributed by atoms with Gasteiger partial charge in [0, 0.05) is 18.0 Å². The van der Waals surface area contributed by atoms with Crippen LogP contribution in [0.25, 0.3) is 0 Å². The van der Waals surface area contributed by atoms with Crippen LogP contribution in [0, 0.1) is 17.0 Å². The fraction of sp³-hybridized carbons (Fsp3) is 0.167. The molecule has 0 spiro atoms. The van der Waals surface area contributed by atoms with E-state index in [9.17, 15) is 14.9 Å². The Bertz CT molecular complexity index is 590. The van der Waals surface area contributed by atoms with E-state index in [1.165, 1.54) is 12.1 Å². The molecule has 0 amide bonds. The van der Waals surface area contributed by atoms with Gasteiger partial charge in [0.15, 0.2) is 5.78 Å². The number of Topliss-reactive ketones (excluding diaryl/α,β-unsaturated/α-hetero) is 1. The highest BCUT2D eigenvalue weighted by Crippen LogP contribution is 2.24. The van der Waals surface area contributed by atoms with Gasteiger partial charge in [0.05, 0.1) is 16.2 Å². The van der Waals surface area contributed by atoms with E-state index in [4.69, 9.17) is 0 Å². The predicted octanol–water partition coefficient (Wildman–Crippen LogP) is 2.79. The van der Waals surface area contributed by atoms with E-state index in [0.29, 0.717) is 10.6 Å². The maximum Gasteiger partial charge on any atom is 0.324 e. The lowest BCUT2D eigenvalue weighted by molar-refractivity contribution is -0.380. The van der Waals surface area contributed by atoms with E-state index in [2.05, 4.69) is 4.98 Å². The number of hydrogen-bond acceptors (Lipinski definition) is 5. The molecule has 0 bridgehead atoms. The normalized spacial score (nSPS) is 10.3. The molecule has 0 saturated carbocycles. The van der Waals surface area contributed by atoms with Crippen molar-refractivity contribution < 1.29 is 9.72 Å². The van der Waals surface area contributed by atoms with E-state index in [1.54, 1.807) is 12.3 Å². The first-order valence-electron chi connectivity index (χ1n) is 5.25. The van der Waals surface area contributed by atoms with Gasteiger partial charge in [-0.05, 0) is 24.6 Å². The third kappa shape index (κ3) is 2.78. The molecule has 0 unspecified atom stereocenters. The molecule has 18 heavy (non-hydrogen) atoms. The first-order valence-corrected chi connectivity index (χ1v) is 6.07. The van der Waals surface area contributed by atoms with E-state index in [1.807, 2.05) is 13.0 Å². The summed E-state index contributed by atoms with van der Waals surface area (Å²) in [5, 5.41) is 10.5. The Morgan fingerprint density at radius 2 is 2.17 bits per heavy atom. The van der Waals surface area contributed by atoms with Crippen LogP contribution in [0.1, 0.15) is 20.9 Å². The summed E-state index contributed by atoms with van der Waals surface area (Å²) in [6.07, 6.45) is 1.86. The van der Waals surface area contributed by atoms with Crippen molar-refractivity contribution in [3.8, 4) is 0 Å². The van der Waals surface area contributed by atoms with E-state index in [-0.39, 0.29) is 17.2 Å². The van der Waals surface area contributed by atoms with Crippen LogP contribution in [0.5, 0.6) is 0 Å². The SMILES string of the molecule is Cc1ccc(CC(=O)c2ccc([N+](=O)[O-])s2)nc1. The maximum absolute atomic E-state index is 11.9. The summed E-state index contributed by atoms with van der Waals surface area (Å²) in [4.78, 5) is 26.4. The first-order chi connectivity index (χ1) is 8.56. The van der Waals surface area contributed by atoms with Crippen molar-refractivity contribution >= 4 is 22.1 Å². The van der Waals surface area contributed by atoms with Crippen LogP contribution in [0.3, 0.4) is 0 Å². The van der Waals surface area contributed by atoms with Crippen LogP contribution in [0.15, 0.2) is 30.5 Å². The van der Waals surface area contributed by atoms with Crippen molar-refractivity contribution in [1.82, 2.24) is 4.98 Å². The van der Waals surface area contributed by atoms with Crippen molar-refractivity contribution in [2.45, 2.75) is 13.3 Å². The summed E-state index contributed by atoms with van der Waals surface area (Å²) in [5.74, 6) is -0.149. The lowest BCUT2D eigenvalue weighted by atomic mass is 10.1. The monoisotopic (exact) mass is 262 g/mol. The second-order valence-electron chi connectivity index (χ2n) is 3.82. The molecule has 0 aliphatic heterocycles. The van der Waals surface area contributed by atoms with Crippen LogP contribution in [0.2, 0.25) is 0 Å². The Kier molecular flexibility index (Phi) is 3.47. The van der Waals surface area contributed by atoms with Gasteiger partial charge in [-0.25, -0.2) is 0 Å². The molecule has 0 radical (unpaired) electrons. The van der Waals surface area contributed by atoms with Crippen molar-refractivity contribution in [2.24, 2.45) is 0 Å². The number of aromatic nitrogens is 1. The Balaban J connectivity index is 2.11. The average Bonchev–Trinajstić information content (AvgIpc) is 2.81. The summed E-state index contributed by atoms with van der Waals surface area (Å²) in [6.45, 7) is 1.92. The van der Waals surface area contributed by atoms with Gasteiger partial charge in [0.2, 0.25) is 0 Å². The second-order valence-corrected chi connectivity index (χ2v) is 4.88. The molecule has 0 aromatic carbocycles. The molecule has 0 saturated heterocycles. The quantitative estimate of drug-likeness (QED) is 0.482. The van der Waals surface area contributed by atoms with Crippen LogP contribution >= 0.6 is 11.3 Å². The lowest BCUT2D eigenvalue weighted by Crippen LogP contribution is -2.02. The average molecular weight is 262 g/mol. The Labute approximate surface area is 107 Å². The number of nitro groups is 1. The highest BCUT2D eigenvalue weighted by molar-refractivity contribution is 7.17. The van der Waals surface area contributed by atoms with Gasteiger partial charge in [-0.1, -0.05) is 17.4 Å². The minimum absolute atomic E-state index is 0.0183. The third-order valence-electron chi connectivity index (χ3n) is 2.36. The van der Waals surface area contributed by atoms with E-state index >= 15 is 0 Å². The zero-order valence-corrected chi connectivity index (χ0v) is 10.4. The van der Waals surface area contributed by atoms with E-state index < -0.39 is 4.92 Å². The van der Waals surface area contributed by atoms with Crippen molar-refractivity contribution in [3.63, 3.8) is 0 Å². The number of carbonyl (C=O) groups excluding carboxylic acids is 1. The number of carbonyl (C=O) groups is 1. The van der Waals surface area contributed by atoms with Crippen LogP contribution < -0.4 is 0 Å². The molecule has 2 aromatic heterocycles. The number of pyridine rings is 1. The summed E-state index contributed by atoms with van der Waals surface area (Å²) < 4.78 is 0. The van der Waals surface area contributed by atoms with Crippen molar-refractivity contribution in [3.05, 3.63) is 56.7 Å². The number of ketones is 1. The summed E-state index contributed by atoms with van der Waals surface area (Å²) >= 11 is 0.895. The minimum atomic E-state index is -0.494. The standard InChI is InChI=1S/C12H10N2O3S/c1-8-2-3-9(13-7-8)6-10(15)11-4-5-12(18-11)14(16)17/h2-5,7H,6H2,1H3. The predicted molar refractivity (Wildman–Crippen MR) is 68.0 cm³/mol. The molecular weight excluding hydrogens is 252 g/mol. The highest BCUT2D eigenvalue weighted by atomic mass is 32.1. The molecule has 92 valence electrons. The topological polar surface area (TPSA) is 73.1 Å². The van der Waals surface area contributed by atoms with Gasteiger partial charge in [-0.3, -0.25) is 19.9 Å². The minimum Gasteiger partial charge on any atom is -0.293 e. The molecule has 0 fully saturated rings. The number of rotatable bonds is 4. The first kappa shape index (κ1) is 12.4. The number of nitrogens with zero attached hydrogens (tertiary/aromatic N) is 2. The van der Waals surface area contributed by atoms with Gasteiger partial charge in [-0.2, -0.15) is 0 Å². The molecular formula is C12H10N2O3S. The maximum atomic E-state index is 11.9. The molecule has 0 atom stereocenters. The largest absolute Gasteiger partial charge is 0.324 e. The molecule has 0 aliphatic carbocycles. The Hall–Kier alpha value is -2.08. The highest BCUT2D eigenvalue weighted by Gasteiger charge is 2.15. The second kappa shape index (κ2) is 5.05. The molecule has 2 aromatic rings. The number of thiophene rings is 1. The third-order valence-corrected chi connectivity index (χ3v) is 3.44. The summed E-state index contributed by atoms with van der Waals surface area (Å²) in [6, 6.07) is 6.50. The number of hydrogen-bond donors (Lipinski definition) is 0. The van der Waals surface area contributed by atoms with Crippen LogP contribution in [-0.4, -0.2) is 15.7 Å². The molecule has 0 N–H and O–H groups in total. The summed E-state index contributed by atoms with van der Waals surface area (Å²) in [5.41, 5.74) is 1.69. The van der Waals surface area contributed by atoms with Gasteiger partial charge in [-0.15, -0.1) is 0 Å². The van der Waals surface area contributed by atoms with E-state index in [0.717, 1.165) is 16.9 Å². The number of aryl methyl sites for hydroxylation is 1. The van der Waals surface area contributed by atoms with Crippen LogP contribution in [-0.2, 0) is 6.42 Å². The van der Waals surface area contributed by atoms with Crippen molar-refractivity contribution in [1.29, 1.82) is 0 Å². The molecule has 2 rings (SSSR count). The molecule has 5 nitrogen and oxygen atoms in total. The van der Waals surface area contributed by atoms with Gasteiger partial charge in [0.1, 0.15) is 0 Å². The zero-order valence-electron chi connectivity index (χ0n) is 9.62. The fourth-order valence-electron chi connectivity index (χ4n) is 1.43. The summed E-state index contributed by atoms with van der Waals surface area (Å²) in [7, 11) is 0. The Morgan fingerprint density at radius 1 is 1.39 bits per heavy atom. The lowest BCUT2D eigenvalue weighted by Gasteiger charge is -1.98. The van der Waals surface area contributed by atoms with Crippen molar-refractivity contribution in [2.75, 3.05) is 0 Å². The fourth-order valence-corrected chi connectivity index (χ4v) is 2.19. The van der Waals surface area contributed by atoms with Gasteiger partial charge >= 0.3 is 5.00 Å². The molecule has 6 heteroatoms. The molecule has 2 heterocycles. The molecule has 0 aliphatic rings. The van der Waals surface area contributed by atoms with Crippen LogP contribution in [0.4, 0.5) is 5.00 Å². The Morgan fingerprint density at radius 3 is 2.72 bits per heavy atom. The van der Waals surface area contributed by atoms with Gasteiger partial charge in [0.25, 0.3) is 0 Å². The van der Waals surface area contributed by atoms with Gasteiger partial charge < -0.3 is 0 Å². The zero-order chi connectivity index (χ0) is 13.1. The smallest absolute Gasteiger partial charge is 0.293 e.